The molecule has 2 aromatic heterocycles. The Labute approximate surface area is 242 Å². The first kappa shape index (κ1) is 24.0. The molecule has 8 nitrogen and oxygen atoms in total. The number of hydrogen-bond donors (Lipinski definition) is 1. The minimum atomic E-state index is -2.72. The Kier molecular flexibility index (Phi) is 6.38. The molecule has 1 fully saturated rings. The minimum Gasteiger partial charge on any atom is -0.507 e. The van der Waals surface area contributed by atoms with Crippen LogP contribution >= 0.6 is 11.6 Å². The van der Waals surface area contributed by atoms with Gasteiger partial charge in [-0.25, -0.2) is 14.2 Å². The number of pyridine rings is 1. The van der Waals surface area contributed by atoms with Crippen molar-refractivity contribution in [3.8, 4) is 39.6 Å². The van der Waals surface area contributed by atoms with Gasteiger partial charge in [-0.2, -0.15) is 0 Å². The van der Waals surface area contributed by atoms with Crippen LogP contribution in [0.3, 0.4) is 0 Å². The summed E-state index contributed by atoms with van der Waals surface area (Å²) in [7, 11) is -1.09. The predicted octanol–water partition coefficient (Wildman–Crippen LogP) is 5.33. The maximum atomic E-state index is 15.1. The highest BCUT2D eigenvalue weighted by atomic mass is 35.5. The number of imidazole rings is 1. The Hall–Kier alpha value is -3.82. The fourth-order valence-electron chi connectivity index (χ4n) is 5.07. The van der Waals surface area contributed by atoms with Crippen LogP contribution in [0.5, 0.6) is 11.6 Å². The number of piperazine rings is 1. The number of aromatic nitrogens is 3. The van der Waals surface area contributed by atoms with Gasteiger partial charge in [0.2, 0.25) is 5.88 Å². The van der Waals surface area contributed by atoms with Gasteiger partial charge in [-0.1, -0.05) is 17.7 Å². The number of nitrogens with zero attached hydrogens (tertiary/aromatic N) is 5. The summed E-state index contributed by atoms with van der Waals surface area (Å²) < 4.78 is 46.0. The number of anilines is 1. The van der Waals surface area contributed by atoms with Gasteiger partial charge in [0.25, 0.3) is 0 Å². The van der Waals surface area contributed by atoms with E-state index in [2.05, 4.69) is 30.7 Å². The van der Waals surface area contributed by atoms with Crippen LogP contribution in [0.4, 0.5) is 10.1 Å². The van der Waals surface area contributed by atoms with Gasteiger partial charge in [0, 0.05) is 74.0 Å². The first-order valence-corrected chi connectivity index (χ1v) is 13.3. The average Bonchev–Trinajstić information content (AvgIpc) is 3.26. The lowest BCUT2D eigenvalue weighted by Gasteiger charge is -2.43. The third-order valence-electron chi connectivity index (χ3n) is 7.35. The Morgan fingerprint density at radius 1 is 1.02 bits per heavy atom. The van der Waals surface area contributed by atoms with Crippen molar-refractivity contribution < 1.29 is 18.3 Å². The Morgan fingerprint density at radius 2 is 1.73 bits per heavy atom. The van der Waals surface area contributed by atoms with Gasteiger partial charge in [0.1, 0.15) is 17.3 Å². The highest BCUT2D eigenvalue weighted by Crippen LogP contribution is 2.42. The summed E-state index contributed by atoms with van der Waals surface area (Å²) in [5.41, 5.74) is 1.74. The average molecular weight is 569 g/mol. The minimum absolute atomic E-state index is 0.0217. The third-order valence-corrected chi connectivity index (χ3v) is 7.65. The molecule has 0 bridgehead atoms. The van der Waals surface area contributed by atoms with Crippen LogP contribution in [0.1, 0.15) is 24.9 Å². The molecule has 0 spiro atoms. The van der Waals surface area contributed by atoms with Gasteiger partial charge in [-0.15, -0.1) is 0 Å². The van der Waals surface area contributed by atoms with Crippen LogP contribution in [0.2, 0.25) is 5.02 Å². The van der Waals surface area contributed by atoms with Crippen molar-refractivity contribution in [1.82, 2.24) is 19.0 Å². The van der Waals surface area contributed by atoms with E-state index in [4.69, 9.17) is 20.5 Å². The van der Waals surface area contributed by atoms with Crippen molar-refractivity contribution in [2.75, 3.05) is 38.1 Å². The summed E-state index contributed by atoms with van der Waals surface area (Å²) in [6.45, 7) is 9.08. The van der Waals surface area contributed by atoms with Crippen molar-refractivity contribution in [2.45, 2.75) is 26.3 Å². The zero-order valence-corrected chi connectivity index (χ0v) is 23.5. The van der Waals surface area contributed by atoms with Crippen LogP contribution in [-0.2, 0) is 7.05 Å². The van der Waals surface area contributed by atoms with E-state index in [0.29, 0.717) is 35.6 Å². The van der Waals surface area contributed by atoms with Crippen LogP contribution < -0.4 is 15.3 Å². The van der Waals surface area contributed by atoms with Gasteiger partial charge < -0.3 is 19.3 Å². The van der Waals surface area contributed by atoms with Crippen molar-refractivity contribution >= 4 is 17.3 Å². The lowest BCUT2D eigenvalue weighted by molar-refractivity contribution is 0.128. The van der Waals surface area contributed by atoms with E-state index in [0.717, 1.165) is 13.1 Å². The number of methoxy groups -OCH3 is 1. The molecule has 0 atom stereocenters. The standard InChI is InChI=1S/C30H33ClFN5O3/c1-30(2,3)36-11-9-35(10-12-36)26-15-20(18-33-28(26)40-5)23-17-21(32)16-22(27(23)38)19-6-7-25(24(31)14-19)37-13-8-34(4)29(37)39/h6-8,13-18,38H,9-12H2,1-5H3/i5D3. The van der Waals surface area contributed by atoms with E-state index in [1.54, 1.807) is 43.7 Å². The van der Waals surface area contributed by atoms with Crippen molar-refractivity contribution in [3.05, 3.63) is 76.3 Å². The number of rotatable bonds is 5. The van der Waals surface area contributed by atoms with Crippen LogP contribution in [-0.4, -0.2) is 62.9 Å². The lowest BCUT2D eigenvalue weighted by Crippen LogP contribution is -2.53. The molecule has 1 aliphatic heterocycles. The van der Waals surface area contributed by atoms with Crippen molar-refractivity contribution in [1.29, 1.82) is 0 Å². The lowest BCUT2D eigenvalue weighted by atomic mass is 9.97. The zero-order chi connectivity index (χ0) is 31.3. The number of halogens is 2. The molecule has 0 amide bonds. The summed E-state index contributed by atoms with van der Waals surface area (Å²) in [6.07, 6.45) is 4.55. The van der Waals surface area contributed by atoms with Crippen molar-refractivity contribution in [3.63, 3.8) is 0 Å². The van der Waals surface area contributed by atoms with E-state index < -0.39 is 12.9 Å². The number of hydrogen-bond acceptors (Lipinski definition) is 6. The van der Waals surface area contributed by atoms with Gasteiger partial charge in [0.15, 0.2) is 0 Å². The molecular weight excluding hydrogens is 533 g/mol. The summed E-state index contributed by atoms with van der Waals surface area (Å²) in [5, 5.41) is 11.6. The van der Waals surface area contributed by atoms with E-state index in [-0.39, 0.29) is 39.0 Å². The second-order valence-corrected chi connectivity index (χ2v) is 11.3. The number of phenolic OH excluding ortho intramolecular Hbond substituents is 1. The molecular formula is C30H33ClFN5O3. The number of aromatic hydroxyl groups is 1. The first-order chi connectivity index (χ1) is 20.1. The SMILES string of the molecule is [2H]C([2H])([2H])Oc1ncc(-c2cc(F)cc(-c3ccc(-n4ccn(C)c4=O)c(Cl)c3)c2O)cc1N1CCN(C(C)(C)C)CC1. The van der Waals surface area contributed by atoms with Gasteiger partial charge in [-0.3, -0.25) is 9.47 Å². The van der Waals surface area contributed by atoms with Gasteiger partial charge in [-0.05, 0) is 56.7 Å². The summed E-state index contributed by atoms with van der Waals surface area (Å²) in [5.74, 6) is -0.884. The number of aryl methyl sites for hydroxylation is 1. The van der Waals surface area contributed by atoms with E-state index in [9.17, 15) is 9.90 Å². The van der Waals surface area contributed by atoms with Gasteiger partial charge >= 0.3 is 5.69 Å². The Morgan fingerprint density at radius 3 is 2.33 bits per heavy atom. The van der Waals surface area contributed by atoms with E-state index in [1.165, 1.54) is 27.5 Å². The highest BCUT2D eigenvalue weighted by molar-refractivity contribution is 6.32. The molecule has 3 heterocycles. The maximum Gasteiger partial charge on any atom is 0.332 e. The molecule has 0 aliphatic carbocycles. The maximum absolute atomic E-state index is 15.1. The quantitative estimate of drug-likeness (QED) is 0.351. The van der Waals surface area contributed by atoms with Crippen LogP contribution in [0.25, 0.3) is 27.9 Å². The second kappa shape index (κ2) is 10.6. The predicted molar refractivity (Wildman–Crippen MR) is 156 cm³/mol. The monoisotopic (exact) mass is 568 g/mol. The summed E-state index contributed by atoms with van der Waals surface area (Å²) in [4.78, 5) is 21.0. The summed E-state index contributed by atoms with van der Waals surface area (Å²) in [6, 6.07) is 8.88. The fraction of sp³-hybridized carbons (Fsp3) is 0.333. The van der Waals surface area contributed by atoms with E-state index in [1.807, 2.05) is 4.90 Å². The number of benzene rings is 2. The normalized spacial score (nSPS) is 15.9. The number of phenols is 1. The van der Waals surface area contributed by atoms with Crippen molar-refractivity contribution in [2.24, 2.45) is 7.05 Å². The second-order valence-electron chi connectivity index (χ2n) is 10.9. The number of ether oxygens (including phenoxy) is 1. The van der Waals surface area contributed by atoms with Crippen LogP contribution in [0.15, 0.2) is 59.8 Å². The fourth-order valence-corrected chi connectivity index (χ4v) is 5.34. The topological polar surface area (TPSA) is 75.8 Å². The molecule has 0 saturated carbocycles. The molecule has 0 radical (unpaired) electrons. The van der Waals surface area contributed by atoms with Crippen LogP contribution in [0, 0.1) is 5.82 Å². The Balaban J connectivity index is 1.55. The van der Waals surface area contributed by atoms with E-state index >= 15 is 4.39 Å². The molecule has 1 saturated heterocycles. The summed E-state index contributed by atoms with van der Waals surface area (Å²) >= 11 is 6.54. The molecule has 1 aliphatic rings. The molecule has 0 unspecified atom stereocenters. The molecule has 10 heteroatoms. The molecule has 210 valence electrons. The van der Waals surface area contributed by atoms with Gasteiger partial charge in [0.05, 0.1) is 21.9 Å². The smallest absolute Gasteiger partial charge is 0.332 e. The molecule has 1 N–H and O–H groups in total. The third kappa shape index (κ3) is 5.19. The first-order valence-electron chi connectivity index (χ1n) is 14.4. The molecule has 2 aromatic carbocycles. The molecule has 5 rings (SSSR count). The Bertz CT molecular complexity index is 1720. The highest BCUT2D eigenvalue weighted by Gasteiger charge is 2.28. The molecule has 40 heavy (non-hydrogen) atoms. The molecule has 4 aromatic rings. The largest absolute Gasteiger partial charge is 0.507 e. The zero-order valence-electron chi connectivity index (χ0n) is 25.8.